The predicted octanol–water partition coefficient (Wildman–Crippen LogP) is 3.35. The highest BCUT2D eigenvalue weighted by molar-refractivity contribution is 7.17. The molecule has 2 unspecified atom stereocenters. The Balaban J connectivity index is 1.37. The third-order valence-electron chi connectivity index (χ3n) is 5.32. The molecule has 150 valence electrons. The molecule has 3 aromatic rings. The summed E-state index contributed by atoms with van der Waals surface area (Å²) < 4.78 is 11.5. The summed E-state index contributed by atoms with van der Waals surface area (Å²) in [6.07, 6.45) is 6.06. The molecular formula is C20H21N5O3S. The van der Waals surface area contributed by atoms with Crippen molar-refractivity contribution in [2.75, 3.05) is 17.4 Å². The van der Waals surface area contributed by atoms with Crippen LogP contribution in [0.3, 0.4) is 0 Å². The Labute approximate surface area is 171 Å². The Morgan fingerprint density at radius 3 is 2.97 bits per heavy atom. The fourth-order valence-electron chi connectivity index (χ4n) is 3.74. The number of benzene rings is 1. The molecule has 1 amide bonds. The molecule has 0 bridgehead atoms. The Kier molecular flexibility index (Phi) is 4.69. The van der Waals surface area contributed by atoms with Gasteiger partial charge in [0.15, 0.2) is 11.5 Å². The first kappa shape index (κ1) is 18.1. The lowest BCUT2D eigenvalue weighted by Gasteiger charge is -2.29. The van der Waals surface area contributed by atoms with Crippen molar-refractivity contribution < 1.29 is 14.3 Å². The Hall–Kier alpha value is -2.91. The molecule has 1 aromatic carbocycles. The Morgan fingerprint density at radius 2 is 2.07 bits per heavy atom. The first-order valence-electron chi connectivity index (χ1n) is 9.65. The minimum absolute atomic E-state index is 0.0966. The fourth-order valence-corrected chi connectivity index (χ4v) is 4.58. The summed E-state index contributed by atoms with van der Waals surface area (Å²) >= 11 is 1.45. The van der Waals surface area contributed by atoms with E-state index in [2.05, 4.69) is 20.6 Å². The SMILES string of the molecule is NC1CCCCC1Nc1ncc2scc(C(=O)Nc3ccc4c(c3)OCO4)c2n1. The number of nitrogens with two attached hydrogens (primary N) is 1. The van der Waals surface area contributed by atoms with E-state index in [-0.39, 0.29) is 24.8 Å². The second-order valence-electron chi connectivity index (χ2n) is 7.28. The third-order valence-corrected chi connectivity index (χ3v) is 6.23. The zero-order chi connectivity index (χ0) is 19.8. The molecule has 1 aliphatic carbocycles. The number of carbonyl (C=O) groups excluding carboxylic acids is 1. The maximum Gasteiger partial charge on any atom is 0.258 e. The Morgan fingerprint density at radius 1 is 1.21 bits per heavy atom. The van der Waals surface area contributed by atoms with Gasteiger partial charge in [0.1, 0.15) is 0 Å². The average molecular weight is 411 g/mol. The van der Waals surface area contributed by atoms with Gasteiger partial charge < -0.3 is 25.8 Å². The van der Waals surface area contributed by atoms with Crippen LogP contribution in [0.2, 0.25) is 0 Å². The molecular weight excluding hydrogens is 390 g/mol. The van der Waals surface area contributed by atoms with Crippen LogP contribution in [-0.4, -0.2) is 34.8 Å². The number of nitrogens with zero attached hydrogens (tertiary/aromatic N) is 2. The normalized spacial score (nSPS) is 20.6. The molecule has 2 aliphatic rings. The molecule has 2 atom stereocenters. The quantitative estimate of drug-likeness (QED) is 0.604. The van der Waals surface area contributed by atoms with E-state index in [4.69, 9.17) is 15.2 Å². The molecule has 1 fully saturated rings. The number of hydrogen-bond donors (Lipinski definition) is 3. The van der Waals surface area contributed by atoms with Crippen LogP contribution in [0, 0.1) is 0 Å². The number of nitrogens with one attached hydrogen (secondary N) is 2. The first-order chi connectivity index (χ1) is 14.2. The van der Waals surface area contributed by atoms with Crippen LogP contribution in [-0.2, 0) is 0 Å². The summed E-state index contributed by atoms with van der Waals surface area (Å²) in [5.74, 6) is 1.58. The van der Waals surface area contributed by atoms with Crippen molar-refractivity contribution in [3.63, 3.8) is 0 Å². The number of carbonyl (C=O) groups is 1. The highest BCUT2D eigenvalue weighted by Crippen LogP contribution is 2.34. The summed E-state index contributed by atoms with van der Waals surface area (Å²) in [5, 5.41) is 8.06. The molecule has 0 spiro atoms. The van der Waals surface area contributed by atoms with E-state index < -0.39 is 0 Å². The second-order valence-corrected chi connectivity index (χ2v) is 8.19. The van der Waals surface area contributed by atoms with Crippen molar-refractivity contribution >= 4 is 39.1 Å². The van der Waals surface area contributed by atoms with Crippen molar-refractivity contribution in [3.05, 3.63) is 35.3 Å². The number of aromatic nitrogens is 2. The number of amides is 1. The van der Waals surface area contributed by atoms with Gasteiger partial charge >= 0.3 is 0 Å². The van der Waals surface area contributed by atoms with E-state index in [1.165, 1.54) is 11.3 Å². The second kappa shape index (κ2) is 7.49. The number of fused-ring (bicyclic) bond motifs is 2. The van der Waals surface area contributed by atoms with Gasteiger partial charge in [-0.2, -0.15) is 0 Å². The van der Waals surface area contributed by atoms with Gasteiger partial charge in [-0.25, -0.2) is 9.97 Å². The van der Waals surface area contributed by atoms with E-state index in [1.807, 2.05) is 0 Å². The number of thiophene rings is 1. The van der Waals surface area contributed by atoms with Gasteiger partial charge in [0, 0.05) is 29.2 Å². The molecule has 3 heterocycles. The van der Waals surface area contributed by atoms with Crippen molar-refractivity contribution in [2.45, 2.75) is 37.8 Å². The van der Waals surface area contributed by atoms with Gasteiger partial charge in [0.05, 0.1) is 22.0 Å². The maximum absolute atomic E-state index is 12.9. The third kappa shape index (κ3) is 3.58. The average Bonchev–Trinajstić information content (AvgIpc) is 3.36. The largest absolute Gasteiger partial charge is 0.454 e. The number of anilines is 2. The van der Waals surface area contributed by atoms with Crippen LogP contribution in [0.25, 0.3) is 10.2 Å². The minimum atomic E-state index is -0.228. The van der Waals surface area contributed by atoms with E-state index >= 15 is 0 Å². The summed E-state index contributed by atoms with van der Waals surface area (Å²) in [5.41, 5.74) is 8.01. The van der Waals surface area contributed by atoms with Crippen molar-refractivity contribution in [1.29, 1.82) is 0 Å². The molecule has 29 heavy (non-hydrogen) atoms. The highest BCUT2D eigenvalue weighted by Gasteiger charge is 2.23. The van der Waals surface area contributed by atoms with E-state index in [1.54, 1.807) is 29.8 Å². The van der Waals surface area contributed by atoms with Gasteiger partial charge in [-0.05, 0) is 25.0 Å². The Bertz CT molecular complexity index is 1070. The van der Waals surface area contributed by atoms with Crippen molar-refractivity contribution in [2.24, 2.45) is 5.73 Å². The zero-order valence-corrected chi connectivity index (χ0v) is 16.5. The molecule has 4 N–H and O–H groups in total. The van der Waals surface area contributed by atoms with Crippen LogP contribution in [0.15, 0.2) is 29.8 Å². The molecule has 2 aromatic heterocycles. The molecule has 1 aliphatic heterocycles. The fraction of sp³-hybridized carbons (Fsp3) is 0.350. The van der Waals surface area contributed by atoms with Gasteiger partial charge in [0.2, 0.25) is 12.7 Å². The molecule has 1 saturated carbocycles. The first-order valence-corrected chi connectivity index (χ1v) is 10.5. The lowest BCUT2D eigenvalue weighted by molar-refractivity contribution is 0.102. The van der Waals surface area contributed by atoms with Crippen LogP contribution >= 0.6 is 11.3 Å². The number of ether oxygens (including phenoxy) is 2. The highest BCUT2D eigenvalue weighted by atomic mass is 32.1. The topological polar surface area (TPSA) is 111 Å². The predicted molar refractivity (Wildman–Crippen MR) is 112 cm³/mol. The van der Waals surface area contributed by atoms with Crippen LogP contribution in [0.1, 0.15) is 36.0 Å². The van der Waals surface area contributed by atoms with Gasteiger partial charge in [-0.1, -0.05) is 12.8 Å². The zero-order valence-electron chi connectivity index (χ0n) is 15.7. The van der Waals surface area contributed by atoms with Gasteiger partial charge in [-0.3, -0.25) is 4.79 Å². The molecule has 0 saturated heterocycles. The number of hydrogen-bond acceptors (Lipinski definition) is 8. The standard InChI is InChI=1S/C20H21N5O3S/c21-13-3-1-2-4-14(13)24-20-22-8-17-18(25-20)12(9-29-17)19(26)23-11-5-6-15-16(7-11)28-10-27-15/h5-9,13-14H,1-4,10,21H2,(H,23,26)(H,22,24,25). The summed E-state index contributed by atoms with van der Waals surface area (Å²) in [6, 6.07) is 5.57. The summed E-state index contributed by atoms with van der Waals surface area (Å²) in [4.78, 5) is 21.9. The maximum atomic E-state index is 12.9. The number of rotatable bonds is 4. The molecule has 8 nitrogen and oxygen atoms in total. The molecule has 5 rings (SSSR count). The van der Waals surface area contributed by atoms with E-state index in [9.17, 15) is 4.79 Å². The van der Waals surface area contributed by atoms with Gasteiger partial charge in [0.25, 0.3) is 5.91 Å². The lowest BCUT2D eigenvalue weighted by Crippen LogP contribution is -2.42. The van der Waals surface area contributed by atoms with Crippen molar-refractivity contribution in [3.8, 4) is 11.5 Å². The summed E-state index contributed by atoms with van der Waals surface area (Å²) in [7, 11) is 0. The molecule has 9 heteroatoms. The lowest BCUT2D eigenvalue weighted by atomic mass is 9.91. The van der Waals surface area contributed by atoms with Gasteiger partial charge in [-0.15, -0.1) is 11.3 Å². The molecule has 0 radical (unpaired) electrons. The summed E-state index contributed by atoms with van der Waals surface area (Å²) in [6.45, 7) is 0.194. The van der Waals surface area contributed by atoms with E-state index in [0.29, 0.717) is 34.2 Å². The van der Waals surface area contributed by atoms with Crippen LogP contribution < -0.4 is 25.8 Å². The van der Waals surface area contributed by atoms with E-state index in [0.717, 1.165) is 30.4 Å². The minimum Gasteiger partial charge on any atom is -0.454 e. The monoisotopic (exact) mass is 411 g/mol. The van der Waals surface area contributed by atoms with Crippen LogP contribution in [0.4, 0.5) is 11.6 Å². The van der Waals surface area contributed by atoms with Crippen LogP contribution in [0.5, 0.6) is 11.5 Å². The smallest absolute Gasteiger partial charge is 0.258 e. The van der Waals surface area contributed by atoms with Crippen molar-refractivity contribution in [1.82, 2.24) is 9.97 Å².